The fourth-order valence-electron chi connectivity index (χ4n) is 3.57. The van der Waals surface area contributed by atoms with Crippen molar-refractivity contribution in [3.05, 3.63) is 70.9 Å². The number of rotatable bonds is 9. The number of ether oxygens (including phenoxy) is 1. The molecule has 0 unspecified atom stereocenters. The van der Waals surface area contributed by atoms with Crippen molar-refractivity contribution in [2.24, 2.45) is 0 Å². The lowest BCUT2D eigenvalue weighted by atomic mass is 9.94. The van der Waals surface area contributed by atoms with Crippen molar-refractivity contribution in [2.75, 3.05) is 25.6 Å². The summed E-state index contributed by atoms with van der Waals surface area (Å²) in [6.45, 7) is 3.24. The molecule has 0 spiro atoms. The molecule has 0 radical (unpaired) electrons. The molecule has 0 bridgehead atoms. The van der Waals surface area contributed by atoms with Gasteiger partial charge in [-0.3, -0.25) is 0 Å². The summed E-state index contributed by atoms with van der Waals surface area (Å²) in [6, 6.07) is 16.0. The van der Waals surface area contributed by atoms with Gasteiger partial charge in [-0.25, -0.2) is 4.98 Å². The van der Waals surface area contributed by atoms with Crippen LogP contribution in [0.3, 0.4) is 0 Å². The van der Waals surface area contributed by atoms with Gasteiger partial charge in [0.2, 0.25) is 5.82 Å². The Bertz CT molecular complexity index is 1240. The molecule has 2 aromatic carbocycles. The maximum absolute atomic E-state index is 8.91. The zero-order valence-electron chi connectivity index (χ0n) is 18.5. The van der Waals surface area contributed by atoms with Gasteiger partial charge in [0.1, 0.15) is 5.82 Å². The van der Waals surface area contributed by atoms with E-state index in [4.69, 9.17) is 26.0 Å². The van der Waals surface area contributed by atoms with Crippen LogP contribution in [0.1, 0.15) is 17.5 Å². The van der Waals surface area contributed by atoms with Crippen molar-refractivity contribution in [1.29, 1.82) is 0 Å². The standard InChI is InChI=1S/C25H25ClN4O3/c1-16-6-3-4-7-20(16)21-9-8-17(12-19(21)15-32-2)25-29-23(30-33-25)18-13-22(26)24(28-14-18)27-10-5-11-31/h3-4,6-9,12-14,31H,5,10-11,15H2,1-2H3,(H,27,28). The summed E-state index contributed by atoms with van der Waals surface area (Å²) in [7, 11) is 1.68. The van der Waals surface area contributed by atoms with Crippen molar-refractivity contribution in [3.63, 3.8) is 0 Å². The highest BCUT2D eigenvalue weighted by molar-refractivity contribution is 6.33. The fraction of sp³-hybridized carbons (Fsp3) is 0.240. The number of methoxy groups -OCH3 is 1. The first-order valence-corrected chi connectivity index (χ1v) is 11.0. The SMILES string of the molecule is COCc1cc(-c2nc(-c3cnc(NCCCO)c(Cl)c3)no2)ccc1-c1ccccc1C. The summed E-state index contributed by atoms with van der Waals surface area (Å²) in [6.07, 6.45) is 2.25. The van der Waals surface area contributed by atoms with Crippen molar-refractivity contribution in [1.82, 2.24) is 15.1 Å². The van der Waals surface area contributed by atoms with Crippen molar-refractivity contribution in [2.45, 2.75) is 20.0 Å². The van der Waals surface area contributed by atoms with Crippen LogP contribution >= 0.6 is 11.6 Å². The van der Waals surface area contributed by atoms with Gasteiger partial charge in [-0.2, -0.15) is 4.98 Å². The Balaban J connectivity index is 1.61. The smallest absolute Gasteiger partial charge is 0.258 e. The molecule has 4 rings (SSSR count). The summed E-state index contributed by atoms with van der Waals surface area (Å²) in [5.41, 5.74) is 5.96. The Morgan fingerprint density at radius 2 is 1.94 bits per heavy atom. The van der Waals surface area contributed by atoms with Gasteiger partial charge in [0.05, 0.1) is 11.6 Å². The Kier molecular flexibility index (Phi) is 7.34. The number of hydrogen-bond acceptors (Lipinski definition) is 7. The number of aryl methyl sites for hydroxylation is 1. The highest BCUT2D eigenvalue weighted by atomic mass is 35.5. The fourth-order valence-corrected chi connectivity index (χ4v) is 3.81. The molecule has 8 heteroatoms. The van der Waals surface area contributed by atoms with Gasteiger partial charge in [-0.1, -0.05) is 47.1 Å². The zero-order valence-corrected chi connectivity index (χ0v) is 19.3. The van der Waals surface area contributed by atoms with Gasteiger partial charge in [-0.05, 0) is 53.8 Å². The largest absolute Gasteiger partial charge is 0.396 e. The first kappa shape index (κ1) is 22.9. The van der Waals surface area contributed by atoms with Crippen molar-refractivity contribution >= 4 is 17.4 Å². The Hall–Kier alpha value is -3.26. The Morgan fingerprint density at radius 3 is 2.70 bits per heavy atom. The van der Waals surface area contributed by atoms with E-state index in [1.54, 1.807) is 19.4 Å². The minimum atomic E-state index is 0.104. The summed E-state index contributed by atoms with van der Waals surface area (Å²) in [5, 5.41) is 16.5. The van der Waals surface area contributed by atoms with E-state index in [1.807, 2.05) is 24.3 Å². The molecule has 7 nitrogen and oxygen atoms in total. The third-order valence-corrected chi connectivity index (χ3v) is 5.53. The lowest BCUT2D eigenvalue weighted by Crippen LogP contribution is -2.05. The summed E-state index contributed by atoms with van der Waals surface area (Å²) in [4.78, 5) is 8.88. The molecule has 0 fully saturated rings. The van der Waals surface area contributed by atoms with Crippen LogP contribution in [0.4, 0.5) is 5.82 Å². The maximum atomic E-state index is 8.91. The lowest BCUT2D eigenvalue weighted by Gasteiger charge is -2.12. The molecule has 0 aliphatic heterocycles. The highest BCUT2D eigenvalue weighted by Crippen LogP contribution is 2.32. The third-order valence-electron chi connectivity index (χ3n) is 5.24. The molecule has 33 heavy (non-hydrogen) atoms. The van der Waals surface area contributed by atoms with E-state index in [1.165, 1.54) is 5.56 Å². The normalized spacial score (nSPS) is 11.0. The number of nitrogens with zero attached hydrogens (tertiary/aromatic N) is 3. The molecular weight excluding hydrogens is 440 g/mol. The Morgan fingerprint density at radius 1 is 1.09 bits per heavy atom. The quantitative estimate of drug-likeness (QED) is 0.322. The molecule has 0 atom stereocenters. The van der Waals surface area contributed by atoms with Crippen LogP contribution in [-0.4, -0.2) is 40.5 Å². The Labute approximate surface area is 197 Å². The average Bonchev–Trinajstić information content (AvgIpc) is 3.31. The average molecular weight is 465 g/mol. The number of benzene rings is 2. The predicted octanol–water partition coefficient (Wildman–Crippen LogP) is 5.37. The molecule has 0 amide bonds. The lowest BCUT2D eigenvalue weighted by molar-refractivity contribution is 0.185. The van der Waals surface area contributed by atoms with E-state index in [9.17, 15) is 0 Å². The van der Waals surface area contributed by atoms with E-state index in [2.05, 4.69) is 45.6 Å². The number of pyridine rings is 1. The second-order valence-corrected chi connectivity index (χ2v) is 8.01. The molecule has 0 aliphatic carbocycles. The summed E-state index contributed by atoms with van der Waals surface area (Å²) in [5.74, 6) is 1.35. The van der Waals surface area contributed by atoms with Crippen LogP contribution in [-0.2, 0) is 11.3 Å². The van der Waals surface area contributed by atoms with Crippen LogP contribution in [0.15, 0.2) is 59.3 Å². The minimum absolute atomic E-state index is 0.104. The highest BCUT2D eigenvalue weighted by Gasteiger charge is 2.15. The van der Waals surface area contributed by atoms with Crippen molar-refractivity contribution in [3.8, 4) is 34.0 Å². The van der Waals surface area contributed by atoms with Crippen LogP contribution in [0, 0.1) is 6.92 Å². The number of nitrogens with one attached hydrogen (secondary N) is 1. The third kappa shape index (κ3) is 5.22. The molecular formula is C25H25ClN4O3. The molecule has 170 valence electrons. The number of hydrogen-bond donors (Lipinski definition) is 2. The molecule has 2 N–H and O–H groups in total. The first-order chi connectivity index (χ1) is 16.1. The summed E-state index contributed by atoms with van der Waals surface area (Å²) >= 11 is 6.34. The molecule has 0 aliphatic rings. The monoisotopic (exact) mass is 464 g/mol. The van der Waals surface area contributed by atoms with Gasteiger partial charge in [0, 0.05) is 37.6 Å². The predicted molar refractivity (Wildman–Crippen MR) is 129 cm³/mol. The van der Waals surface area contributed by atoms with Crippen LogP contribution in [0.2, 0.25) is 5.02 Å². The van der Waals surface area contributed by atoms with E-state index in [0.29, 0.717) is 47.7 Å². The molecule has 2 aromatic heterocycles. The second-order valence-electron chi connectivity index (χ2n) is 7.60. The van der Waals surface area contributed by atoms with Crippen LogP contribution < -0.4 is 5.32 Å². The van der Waals surface area contributed by atoms with Gasteiger partial charge < -0.3 is 19.7 Å². The topological polar surface area (TPSA) is 93.3 Å². The number of aliphatic hydroxyl groups is 1. The number of aliphatic hydroxyl groups excluding tert-OH is 1. The maximum Gasteiger partial charge on any atom is 0.258 e. The van der Waals surface area contributed by atoms with E-state index < -0.39 is 0 Å². The first-order valence-electron chi connectivity index (χ1n) is 10.6. The van der Waals surface area contributed by atoms with Crippen LogP contribution in [0.5, 0.6) is 0 Å². The number of anilines is 1. The van der Waals surface area contributed by atoms with Gasteiger partial charge >= 0.3 is 0 Å². The summed E-state index contributed by atoms with van der Waals surface area (Å²) < 4.78 is 11.0. The van der Waals surface area contributed by atoms with Gasteiger partial charge in [0.15, 0.2) is 0 Å². The molecule has 0 saturated carbocycles. The zero-order chi connectivity index (χ0) is 23.2. The van der Waals surface area contributed by atoms with E-state index in [0.717, 1.165) is 22.3 Å². The van der Waals surface area contributed by atoms with Crippen molar-refractivity contribution < 1.29 is 14.4 Å². The number of halogens is 1. The molecule has 0 saturated heterocycles. The van der Waals surface area contributed by atoms with Gasteiger partial charge in [-0.15, -0.1) is 0 Å². The second kappa shape index (κ2) is 10.6. The van der Waals surface area contributed by atoms with Crippen LogP contribution in [0.25, 0.3) is 34.0 Å². The number of aromatic nitrogens is 3. The minimum Gasteiger partial charge on any atom is -0.396 e. The molecule has 4 aromatic rings. The van der Waals surface area contributed by atoms with E-state index in [-0.39, 0.29) is 6.61 Å². The molecule has 2 heterocycles. The van der Waals surface area contributed by atoms with E-state index >= 15 is 0 Å². The van der Waals surface area contributed by atoms with Gasteiger partial charge in [0.25, 0.3) is 5.89 Å².